The number of rotatable bonds is 7. The van der Waals surface area contributed by atoms with Gasteiger partial charge in [-0.2, -0.15) is 5.10 Å². The van der Waals surface area contributed by atoms with Crippen LogP contribution in [0.4, 0.5) is 0 Å². The zero-order chi connectivity index (χ0) is 19.8. The second-order valence-corrected chi connectivity index (χ2v) is 8.76. The first kappa shape index (κ1) is 20.7. The summed E-state index contributed by atoms with van der Waals surface area (Å²) in [6.45, 7) is 4.23. The first-order valence-electron chi connectivity index (χ1n) is 8.76. The molecular weight excluding hydrogens is 408 g/mol. The van der Waals surface area contributed by atoms with Crippen molar-refractivity contribution in [2.45, 2.75) is 17.0 Å². The van der Waals surface area contributed by atoms with E-state index in [4.69, 9.17) is 21.9 Å². The summed E-state index contributed by atoms with van der Waals surface area (Å²) in [4.78, 5) is 4.80. The van der Waals surface area contributed by atoms with E-state index in [-0.39, 0.29) is 6.04 Å². The lowest BCUT2D eigenvalue weighted by Gasteiger charge is -2.11. The van der Waals surface area contributed by atoms with Crippen LogP contribution in [-0.2, 0) is 5.75 Å². The van der Waals surface area contributed by atoms with Gasteiger partial charge in [-0.05, 0) is 36.0 Å². The summed E-state index contributed by atoms with van der Waals surface area (Å²) in [5.74, 6) is 1.65. The zero-order valence-corrected chi connectivity index (χ0v) is 17.9. The molecule has 1 aliphatic carbocycles. The van der Waals surface area contributed by atoms with E-state index in [0.717, 1.165) is 27.0 Å². The minimum Gasteiger partial charge on any atom is -0.496 e. The summed E-state index contributed by atoms with van der Waals surface area (Å²) in [5.41, 5.74) is 4.86. The number of hydrazone groups is 1. The van der Waals surface area contributed by atoms with Crippen molar-refractivity contribution >= 4 is 51.4 Å². The molecule has 0 spiro atoms. The van der Waals surface area contributed by atoms with Crippen LogP contribution >= 0.6 is 35.7 Å². The summed E-state index contributed by atoms with van der Waals surface area (Å²) in [6.07, 6.45) is 12.0. The molecule has 0 saturated heterocycles. The molecular formula is C20H22N4OS3. The fourth-order valence-electron chi connectivity index (χ4n) is 2.64. The van der Waals surface area contributed by atoms with Gasteiger partial charge in [-0.25, -0.2) is 0 Å². The second kappa shape index (κ2) is 10.5. The smallest absolute Gasteiger partial charge is 0.187 e. The number of nitrogens with zero attached hydrogens (tertiary/aromatic N) is 2. The molecule has 3 rings (SSSR count). The van der Waals surface area contributed by atoms with Crippen molar-refractivity contribution in [3.63, 3.8) is 0 Å². The summed E-state index contributed by atoms with van der Waals surface area (Å²) in [5, 5.41) is 8.02. The highest BCUT2D eigenvalue weighted by Gasteiger charge is 2.27. The lowest BCUT2D eigenvalue weighted by molar-refractivity contribution is 0.411. The largest absolute Gasteiger partial charge is 0.496 e. The molecule has 5 nitrogen and oxygen atoms in total. The van der Waals surface area contributed by atoms with E-state index in [9.17, 15) is 0 Å². The second-order valence-electron chi connectivity index (χ2n) is 5.97. The molecule has 1 aliphatic heterocycles. The Bertz CT molecular complexity index is 848. The third-order valence-electron chi connectivity index (χ3n) is 3.99. The van der Waals surface area contributed by atoms with E-state index in [2.05, 4.69) is 52.8 Å². The van der Waals surface area contributed by atoms with Gasteiger partial charge in [-0.3, -0.25) is 10.4 Å². The van der Waals surface area contributed by atoms with E-state index in [1.54, 1.807) is 31.2 Å². The molecule has 0 unspecified atom stereocenters. The molecule has 2 aliphatic rings. The normalized spacial score (nSPS) is 20.0. The number of hydrogen-bond donors (Lipinski definition) is 2. The third-order valence-corrected chi connectivity index (χ3v) is 6.69. The van der Waals surface area contributed by atoms with Gasteiger partial charge >= 0.3 is 0 Å². The Kier molecular flexibility index (Phi) is 7.76. The van der Waals surface area contributed by atoms with Gasteiger partial charge in [0.05, 0.1) is 24.6 Å². The number of benzene rings is 1. The molecule has 1 aromatic carbocycles. The first-order chi connectivity index (χ1) is 13.7. The highest BCUT2D eigenvalue weighted by molar-refractivity contribution is 8.39. The number of ether oxygens (including phenoxy) is 1. The lowest BCUT2D eigenvalue weighted by Crippen LogP contribution is -2.31. The lowest BCUT2D eigenvalue weighted by atomic mass is 10.1. The molecule has 0 radical (unpaired) electrons. The molecule has 2 atom stereocenters. The van der Waals surface area contributed by atoms with Crippen LogP contribution < -0.4 is 15.5 Å². The molecule has 1 heterocycles. The molecule has 0 fully saturated rings. The van der Waals surface area contributed by atoms with Crippen molar-refractivity contribution in [1.82, 2.24) is 10.7 Å². The van der Waals surface area contributed by atoms with Crippen LogP contribution in [0.2, 0.25) is 0 Å². The molecule has 0 amide bonds. The average molecular weight is 431 g/mol. The zero-order valence-electron chi connectivity index (χ0n) is 15.5. The topological polar surface area (TPSA) is 58.0 Å². The number of thioether (sulfide) groups is 2. The maximum Gasteiger partial charge on any atom is 0.187 e. The predicted octanol–water partition coefficient (Wildman–Crippen LogP) is 3.88. The van der Waals surface area contributed by atoms with E-state index in [1.807, 2.05) is 23.9 Å². The number of fused-ring (bicyclic) bond motifs is 1. The van der Waals surface area contributed by atoms with Gasteiger partial charge in [0.25, 0.3) is 0 Å². The Balaban J connectivity index is 1.60. The molecule has 8 heteroatoms. The fraction of sp³-hybridized carbons (Fsp3) is 0.250. The minimum absolute atomic E-state index is 0.266. The Morgan fingerprint density at radius 2 is 2.29 bits per heavy atom. The van der Waals surface area contributed by atoms with Gasteiger partial charge in [0.1, 0.15) is 10.1 Å². The van der Waals surface area contributed by atoms with Crippen LogP contribution in [0.25, 0.3) is 0 Å². The summed E-state index contributed by atoms with van der Waals surface area (Å²) >= 11 is 8.68. The summed E-state index contributed by atoms with van der Waals surface area (Å²) < 4.78 is 6.63. The number of methoxy groups -OCH3 is 1. The van der Waals surface area contributed by atoms with E-state index < -0.39 is 0 Å². The van der Waals surface area contributed by atoms with E-state index in [1.165, 1.54) is 0 Å². The molecule has 2 N–H and O–H groups in total. The van der Waals surface area contributed by atoms with Gasteiger partial charge < -0.3 is 10.1 Å². The van der Waals surface area contributed by atoms with Crippen molar-refractivity contribution in [2.75, 3.05) is 13.7 Å². The maximum atomic E-state index is 5.51. The fourth-order valence-corrected chi connectivity index (χ4v) is 5.14. The Morgan fingerprint density at radius 1 is 1.43 bits per heavy atom. The number of aliphatic imine (C=N–C) groups is 1. The molecule has 0 bridgehead atoms. The number of hydrogen-bond acceptors (Lipinski definition) is 6. The average Bonchev–Trinajstić information content (AvgIpc) is 3.14. The van der Waals surface area contributed by atoms with Crippen molar-refractivity contribution < 1.29 is 4.74 Å². The molecule has 0 saturated carbocycles. The monoisotopic (exact) mass is 430 g/mol. The van der Waals surface area contributed by atoms with Crippen LogP contribution in [0.5, 0.6) is 5.75 Å². The van der Waals surface area contributed by atoms with Gasteiger partial charge in [0.15, 0.2) is 5.11 Å². The van der Waals surface area contributed by atoms with E-state index >= 15 is 0 Å². The number of nitrogens with one attached hydrogen (secondary N) is 2. The van der Waals surface area contributed by atoms with Crippen molar-refractivity contribution in [2.24, 2.45) is 10.1 Å². The predicted molar refractivity (Wildman–Crippen MR) is 127 cm³/mol. The van der Waals surface area contributed by atoms with Gasteiger partial charge in [-0.15, -0.1) is 6.58 Å². The Morgan fingerprint density at radius 3 is 3.07 bits per heavy atom. The van der Waals surface area contributed by atoms with Gasteiger partial charge in [0, 0.05) is 17.9 Å². The van der Waals surface area contributed by atoms with Crippen LogP contribution in [-0.4, -0.2) is 40.6 Å². The van der Waals surface area contributed by atoms with Crippen LogP contribution in [0.1, 0.15) is 11.1 Å². The number of thiocarbonyl (C=S) groups is 1. The highest BCUT2D eigenvalue weighted by Crippen LogP contribution is 2.37. The molecule has 28 heavy (non-hydrogen) atoms. The summed E-state index contributed by atoms with van der Waals surface area (Å²) in [7, 11) is 1.69. The highest BCUT2D eigenvalue weighted by atomic mass is 32.2. The maximum absolute atomic E-state index is 5.51. The molecule has 1 aromatic rings. The van der Waals surface area contributed by atoms with E-state index in [0.29, 0.717) is 16.9 Å². The van der Waals surface area contributed by atoms with Crippen LogP contribution in [0.15, 0.2) is 65.3 Å². The standard InChI is InChI=1S/C20H22N4OS3/c1-3-10-21-19(26)24-22-12-14-8-9-17(25-2)15(11-14)13-27-20-23-16-6-4-5-7-18(16)28-20/h3-9,11-12,16,18H,1,10,13H2,2H3,(H2,21,24,26)/b22-12-/t16-,18+/m0/s1. The van der Waals surface area contributed by atoms with Crippen molar-refractivity contribution in [3.05, 3.63) is 66.3 Å². The first-order valence-corrected chi connectivity index (χ1v) is 11.0. The van der Waals surface area contributed by atoms with Crippen molar-refractivity contribution in [3.8, 4) is 5.75 Å². The van der Waals surface area contributed by atoms with Crippen molar-refractivity contribution in [1.29, 1.82) is 0 Å². The quantitative estimate of drug-likeness (QED) is 0.296. The Labute approximate surface area is 179 Å². The SMILES string of the molecule is C=CCNC(=S)N/N=C\c1ccc(OC)c(CSC2=N[C@H]3C=CC=C[C@H]3S2)c1. The van der Waals surface area contributed by atoms with Gasteiger partial charge in [0.2, 0.25) is 0 Å². The van der Waals surface area contributed by atoms with Crippen LogP contribution in [0, 0.1) is 0 Å². The Hall–Kier alpha value is -2.03. The van der Waals surface area contributed by atoms with Crippen LogP contribution in [0.3, 0.4) is 0 Å². The third kappa shape index (κ3) is 5.73. The molecule has 0 aromatic heterocycles. The van der Waals surface area contributed by atoms with Gasteiger partial charge in [-0.1, -0.05) is 53.9 Å². The molecule has 146 valence electrons. The minimum atomic E-state index is 0.266. The summed E-state index contributed by atoms with van der Waals surface area (Å²) in [6, 6.07) is 6.26. The number of allylic oxidation sites excluding steroid dienone is 2.